The van der Waals surface area contributed by atoms with Gasteiger partial charge in [-0.15, -0.1) is 0 Å². The van der Waals surface area contributed by atoms with Gasteiger partial charge in [-0.3, -0.25) is 14.4 Å². The number of carbonyl (C=O) groups is 4. The van der Waals surface area contributed by atoms with Crippen LogP contribution >= 0.6 is 0 Å². The maximum atomic E-state index is 12.5. The van der Waals surface area contributed by atoms with Crippen molar-refractivity contribution >= 4 is 23.8 Å². The lowest BCUT2D eigenvalue weighted by molar-refractivity contribution is -0.143. The largest absolute Gasteiger partial charge is 0.481 e. The molecule has 0 radical (unpaired) electrons. The Morgan fingerprint density at radius 1 is 0.963 bits per heavy atom. The van der Waals surface area contributed by atoms with Gasteiger partial charge in [0.05, 0.1) is 6.61 Å². The molecule has 0 spiro atoms. The fourth-order valence-electron chi connectivity index (χ4n) is 2.22. The second kappa shape index (κ2) is 10.9. The summed E-state index contributed by atoms with van der Waals surface area (Å²) in [7, 11) is 0. The number of rotatable bonds is 11. The molecule has 1 aromatic carbocycles. The summed E-state index contributed by atoms with van der Waals surface area (Å²) in [6.07, 6.45) is -0.692. The lowest BCUT2D eigenvalue weighted by Crippen LogP contribution is -2.55. The van der Waals surface area contributed by atoms with Crippen LogP contribution in [0, 0.1) is 0 Å². The van der Waals surface area contributed by atoms with Crippen molar-refractivity contribution in [2.75, 3.05) is 6.61 Å². The minimum absolute atomic E-state index is 0.0574. The molecular formula is C17H23N3O7. The van der Waals surface area contributed by atoms with Crippen molar-refractivity contribution in [3.05, 3.63) is 35.9 Å². The summed E-state index contributed by atoms with van der Waals surface area (Å²) in [6, 6.07) is 4.87. The third-order valence-electron chi connectivity index (χ3n) is 3.71. The molecule has 0 saturated heterocycles. The van der Waals surface area contributed by atoms with Crippen LogP contribution in [0.15, 0.2) is 30.3 Å². The average molecular weight is 381 g/mol. The van der Waals surface area contributed by atoms with E-state index in [4.69, 9.17) is 21.1 Å². The first-order valence-electron chi connectivity index (χ1n) is 8.20. The van der Waals surface area contributed by atoms with Crippen molar-refractivity contribution in [1.82, 2.24) is 10.6 Å². The zero-order chi connectivity index (χ0) is 20.4. The van der Waals surface area contributed by atoms with Gasteiger partial charge in [0.25, 0.3) is 0 Å². The van der Waals surface area contributed by atoms with Crippen LogP contribution in [0.1, 0.15) is 18.4 Å². The highest BCUT2D eigenvalue weighted by molar-refractivity contribution is 5.92. The maximum absolute atomic E-state index is 12.5. The summed E-state index contributed by atoms with van der Waals surface area (Å²) < 4.78 is 0. The van der Waals surface area contributed by atoms with E-state index in [9.17, 15) is 19.2 Å². The Hall–Kier alpha value is -2.98. The molecule has 1 rings (SSSR count). The van der Waals surface area contributed by atoms with Gasteiger partial charge < -0.3 is 31.7 Å². The minimum atomic E-state index is -1.42. The molecule has 0 aliphatic heterocycles. The highest BCUT2D eigenvalue weighted by Crippen LogP contribution is 2.06. The molecule has 0 saturated carbocycles. The first kappa shape index (κ1) is 22.1. The number of carbonyl (C=O) groups excluding carboxylic acids is 2. The number of nitrogens with two attached hydrogens (primary N) is 1. The Bertz CT molecular complexity index is 666. The Balaban J connectivity index is 2.91. The van der Waals surface area contributed by atoms with Gasteiger partial charge in [-0.25, -0.2) is 4.79 Å². The number of carboxylic acid groups (broad SMARTS) is 2. The van der Waals surface area contributed by atoms with Crippen LogP contribution < -0.4 is 16.4 Å². The van der Waals surface area contributed by atoms with Crippen molar-refractivity contribution in [2.24, 2.45) is 5.73 Å². The molecule has 0 aliphatic rings. The van der Waals surface area contributed by atoms with Gasteiger partial charge in [0.1, 0.15) is 18.1 Å². The molecule has 27 heavy (non-hydrogen) atoms. The molecule has 0 heterocycles. The molecule has 3 atom stereocenters. The summed E-state index contributed by atoms with van der Waals surface area (Å²) >= 11 is 0. The molecular weight excluding hydrogens is 358 g/mol. The molecule has 10 nitrogen and oxygen atoms in total. The van der Waals surface area contributed by atoms with Crippen molar-refractivity contribution < 1.29 is 34.5 Å². The smallest absolute Gasteiger partial charge is 0.326 e. The Morgan fingerprint density at radius 3 is 2.07 bits per heavy atom. The quantitative estimate of drug-likeness (QED) is 0.267. The molecule has 3 unspecified atom stereocenters. The van der Waals surface area contributed by atoms with Gasteiger partial charge in [0.2, 0.25) is 11.8 Å². The Kier molecular flexibility index (Phi) is 8.90. The monoisotopic (exact) mass is 381 g/mol. The van der Waals surface area contributed by atoms with Gasteiger partial charge >= 0.3 is 11.9 Å². The molecule has 148 valence electrons. The summed E-state index contributed by atoms with van der Waals surface area (Å²) in [4.78, 5) is 46.4. The van der Waals surface area contributed by atoms with E-state index in [0.29, 0.717) is 5.56 Å². The molecule has 0 fully saturated rings. The molecule has 7 N–H and O–H groups in total. The first-order chi connectivity index (χ1) is 12.7. The van der Waals surface area contributed by atoms with Crippen LogP contribution in [0.5, 0.6) is 0 Å². The molecule has 1 aromatic rings. The SMILES string of the molecule is NC(CO)C(=O)NC(Cc1ccccc1)C(=O)NC(CCC(=O)O)C(=O)O. The van der Waals surface area contributed by atoms with E-state index in [1.807, 2.05) is 0 Å². The Labute approximate surface area is 155 Å². The van der Waals surface area contributed by atoms with Crippen LogP contribution in [-0.4, -0.2) is 63.8 Å². The number of hydrogen-bond acceptors (Lipinski definition) is 6. The average Bonchev–Trinajstić information content (AvgIpc) is 2.63. The number of carboxylic acids is 2. The minimum Gasteiger partial charge on any atom is -0.481 e. The van der Waals surface area contributed by atoms with E-state index in [2.05, 4.69) is 10.6 Å². The summed E-state index contributed by atoms with van der Waals surface area (Å²) in [6.45, 7) is -0.623. The summed E-state index contributed by atoms with van der Waals surface area (Å²) in [5.41, 5.74) is 6.14. The van der Waals surface area contributed by atoms with Crippen molar-refractivity contribution in [1.29, 1.82) is 0 Å². The van der Waals surface area contributed by atoms with Crippen molar-refractivity contribution in [3.8, 4) is 0 Å². The van der Waals surface area contributed by atoms with Crippen LogP contribution in [0.3, 0.4) is 0 Å². The van der Waals surface area contributed by atoms with Crippen LogP contribution in [0.4, 0.5) is 0 Å². The van der Waals surface area contributed by atoms with E-state index in [0.717, 1.165) is 0 Å². The van der Waals surface area contributed by atoms with Gasteiger partial charge in [0.15, 0.2) is 0 Å². The molecule has 0 aliphatic carbocycles. The van der Waals surface area contributed by atoms with Crippen LogP contribution in [0.25, 0.3) is 0 Å². The molecule has 0 bridgehead atoms. The lowest BCUT2D eigenvalue weighted by Gasteiger charge is -2.22. The second-order valence-corrected chi connectivity index (χ2v) is 5.87. The van der Waals surface area contributed by atoms with Gasteiger partial charge in [-0.1, -0.05) is 30.3 Å². The number of amides is 2. The Morgan fingerprint density at radius 2 is 1.56 bits per heavy atom. The van der Waals surface area contributed by atoms with Gasteiger partial charge in [-0.05, 0) is 12.0 Å². The fraction of sp³-hybridized carbons (Fsp3) is 0.412. The molecule has 2 amide bonds. The lowest BCUT2D eigenvalue weighted by atomic mass is 10.0. The number of aliphatic carboxylic acids is 2. The number of benzene rings is 1. The number of hydrogen-bond donors (Lipinski definition) is 6. The summed E-state index contributed by atoms with van der Waals surface area (Å²) in [5.74, 6) is -4.15. The number of nitrogens with one attached hydrogen (secondary N) is 2. The topological polar surface area (TPSA) is 179 Å². The standard InChI is InChI=1S/C17H23N3O7/c18-11(9-21)15(24)20-13(8-10-4-2-1-3-5-10)16(25)19-12(17(26)27)6-7-14(22)23/h1-5,11-13,21H,6-9,18H2,(H,19,25)(H,20,24)(H,22,23)(H,26,27). The van der Waals surface area contributed by atoms with E-state index >= 15 is 0 Å². The van der Waals surface area contributed by atoms with Crippen LogP contribution in [-0.2, 0) is 25.6 Å². The zero-order valence-corrected chi connectivity index (χ0v) is 14.5. The second-order valence-electron chi connectivity index (χ2n) is 5.87. The van der Waals surface area contributed by atoms with Crippen molar-refractivity contribution in [2.45, 2.75) is 37.4 Å². The third-order valence-corrected chi connectivity index (χ3v) is 3.71. The molecule has 0 aromatic heterocycles. The fourth-order valence-corrected chi connectivity index (χ4v) is 2.22. The number of aliphatic hydroxyl groups is 1. The predicted molar refractivity (Wildman–Crippen MR) is 93.6 cm³/mol. The van der Waals surface area contributed by atoms with E-state index in [1.54, 1.807) is 30.3 Å². The van der Waals surface area contributed by atoms with Crippen LogP contribution in [0.2, 0.25) is 0 Å². The third kappa shape index (κ3) is 7.84. The first-order valence-corrected chi connectivity index (χ1v) is 8.20. The van der Waals surface area contributed by atoms with Crippen molar-refractivity contribution in [3.63, 3.8) is 0 Å². The summed E-state index contributed by atoms with van der Waals surface area (Å²) in [5, 5.41) is 31.4. The molecule has 10 heteroatoms. The normalized spacial score (nSPS) is 13.9. The van der Waals surface area contributed by atoms with E-state index in [-0.39, 0.29) is 12.8 Å². The maximum Gasteiger partial charge on any atom is 0.326 e. The highest BCUT2D eigenvalue weighted by Gasteiger charge is 2.28. The predicted octanol–water partition coefficient (Wildman–Crippen LogP) is -1.53. The van der Waals surface area contributed by atoms with Gasteiger partial charge in [-0.2, -0.15) is 0 Å². The zero-order valence-electron chi connectivity index (χ0n) is 14.5. The van der Waals surface area contributed by atoms with Gasteiger partial charge in [0, 0.05) is 12.8 Å². The van der Waals surface area contributed by atoms with E-state index < -0.39 is 54.9 Å². The number of aliphatic hydroxyl groups excluding tert-OH is 1. The van der Waals surface area contributed by atoms with E-state index in [1.165, 1.54) is 0 Å². The highest BCUT2D eigenvalue weighted by atomic mass is 16.4.